The number of halogens is 2. The van der Waals surface area contributed by atoms with Gasteiger partial charge in [0.05, 0.1) is 17.8 Å². The summed E-state index contributed by atoms with van der Waals surface area (Å²) in [6.45, 7) is 2.58. The molecule has 1 aliphatic heterocycles. The molecule has 4 nitrogen and oxygen atoms in total. The Kier molecular flexibility index (Phi) is 5.15. The Morgan fingerprint density at radius 3 is 2.88 bits per heavy atom. The molecule has 0 radical (unpaired) electrons. The predicted octanol–water partition coefficient (Wildman–Crippen LogP) is 3.19. The minimum atomic E-state index is -0.625. The van der Waals surface area contributed by atoms with E-state index in [0.717, 1.165) is 12.5 Å². The van der Waals surface area contributed by atoms with Gasteiger partial charge >= 0.3 is 0 Å². The van der Waals surface area contributed by atoms with Crippen LogP contribution in [0.1, 0.15) is 33.8 Å². The summed E-state index contributed by atoms with van der Waals surface area (Å²) in [6.07, 6.45) is 1.68. The quantitative estimate of drug-likeness (QED) is 0.904. The number of rotatable bonds is 4. The summed E-state index contributed by atoms with van der Waals surface area (Å²) in [5, 5.41) is 9.99. The largest absolute Gasteiger partial charge is 0.396 e. The van der Waals surface area contributed by atoms with Gasteiger partial charge in [0.15, 0.2) is 0 Å². The van der Waals surface area contributed by atoms with E-state index in [2.05, 4.69) is 4.98 Å². The average Bonchev–Trinajstić information content (AvgIpc) is 3.03. The number of likely N-dealkylation sites (tertiary alicyclic amines) is 1. The Hall–Kier alpha value is -1.86. The van der Waals surface area contributed by atoms with Crippen LogP contribution in [0.2, 0.25) is 0 Å². The lowest BCUT2D eigenvalue weighted by atomic mass is 9.75. The molecule has 1 fully saturated rings. The highest BCUT2D eigenvalue weighted by Crippen LogP contribution is 2.35. The molecule has 0 aliphatic carbocycles. The Bertz CT molecular complexity index is 780. The number of aromatic nitrogens is 1. The smallest absolute Gasteiger partial charge is 0.265 e. The van der Waals surface area contributed by atoms with Gasteiger partial charge in [-0.1, -0.05) is 6.07 Å². The van der Waals surface area contributed by atoms with E-state index in [9.17, 15) is 18.7 Å². The van der Waals surface area contributed by atoms with Gasteiger partial charge in [0, 0.05) is 24.6 Å². The second-order valence-corrected chi connectivity index (χ2v) is 7.52. The van der Waals surface area contributed by atoms with Crippen molar-refractivity contribution in [3.8, 4) is 0 Å². The topological polar surface area (TPSA) is 53.4 Å². The molecular weight excluding hydrogens is 346 g/mol. The number of amides is 1. The van der Waals surface area contributed by atoms with Crippen LogP contribution in [0.3, 0.4) is 0 Å². The first-order valence-electron chi connectivity index (χ1n) is 8.18. The summed E-state index contributed by atoms with van der Waals surface area (Å²) < 4.78 is 27.2. The molecule has 1 amide bonds. The molecule has 2 heterocycles. The highest BCUT2D eigenvalue weighted by Gasteiger charge is 2.38. The van der Waals surface area contributed by atoms with Crippen molar-refractivity contribution in [1.82, 2.24) is 9.88 Å². The lowest BCUT2D eigenvalue weighted by Crippen LogP contribution is -2.49. The third-order valence-corrected chi connectivity index (χ3v) is 5.72. The third-order valence-electron chi connectivity index (χ3n) is 4.80. The van der Waals surface area contributed by atoms with Gasteiger partial charge in [0.25, 0.3) is 5.91 Å². The number of carbonyl (C=O) groups is 1. The Morgan fingerprint density at radius 1 is 1.44 bits per heavy atom. The molecule has 0 unspecified atom stereocenters. The number of hydrogen-bond donors (Lipinski definition) is 1. The molecule has 0 bridgehead atoms. The van der Waals surface area contributed by atoms with Crippen molar-refractivity contribution < 1.29 is 18.7 Å². The maximum Gasteiger partial charge on any atom is 0.265 e. The summed E-state index contributed by atoms with van der Waals surface area (Å²) in [5.74, 6) is -1.34. The summed E-state index contributed by atoms with van der Waals surface area (Å²) in [4.78, 5) is 19.2. The summed E-state index contributed by atoms with van der Waals surface area (Å²) in [7, 11) is 0. The first-order chi connectivity index (χ1) is 11.9. The number of aryl methyl sites for hydroxylation is 1. The first-order valence-corrected chi connectivity index (χ1v) is 9.06. The van der Waals surface area contributed by atoms with Gasteiger partial charge in [0.1, 0.15) is 16.5 Å². The number of thiazole rings is 1. The molecule has 1 aliphatic rings. The maximum absolute atomic E-state index is 14.0. The molecule has 0 spiro atoms. The van der Waals surface area contributed by atoms with Crippen LogP contribution in [0.25, 0.3) is 0 Å². The number of benzene rings is 1. The fraction of sp³-hybridized carbons (Fsp3) is 0.444. The molecule has 0 saturated carbocycles. The van der Waals surface area contributed by atoms with Crippen LogP contribution in [-0.2, 0) is 6.42 Å². The Morgan fingerprint density at radius 2 is 2.24 bits per heavy atom. The number of aliphatic hydroxyl groups is 1. The summed E-state index contributed by atoms with van der Waals surface area (Å²) >= 11 is 1.30. The Labute approximate surface area is 149 Å². The third kappa shape index (κ3) is 3.72. The number of piperidine rings is 1. The van der Waals surface area contributed by atoms with Crippen molar-refractivity contribution in [2.75, 3.05) is 19.7 Å². The number of hydrogen-bond acceptors (Lipinski definition) is 4. The second-order valence-electron chi connectivity index (χ2n) is 6.67. The van der Waals surface area contributed by atoms with Crippen LogP contribution < -0.4 is 0 Å². The summed E-state index contributed by atoms with van der Waals surface area (Å²) in [5.41, 5.74) is 2.07. The molecule has 7 heteroatoms. The number of nitrogens with zero attached hydrogens (tertiary/aromatic N) is 2. The van der Waals surface area contributed by atoms with Crippen molar-refractivity contribution in [3.63, 3.8) is 0 Å². The maximum atomic E-state index is 14.0. The minimum absolute atomic E-state index is 0.0999. The second kappa shape index (κ2) is 7.17. The molecule has 1 N–H and O–H groups in total. The zero-order valence-electron chi connectivity index (χ0n) is 14.0. The first kappa shape index (κ1) is 17.9. The van der Waals surface area contributed by atoms with Gasteiger partial charge in [0.2, 0.25) is 0 Å². The van der Waals surface area contributed by atoms with Crippen molar-refractivity contribution in [2.45, 2.75) is 26.2 Å². The number of aliphatic hydroxyl groups excluding tert-OH is 1. The normalized spacial score (nSPS) is 20.7. The van der Waals surface area contributed by atoms with E-state index in [0.29, 0.717) is 35.6 Å². The standard InChI is InChI=1S/C18H20F2N2O2S/c1-12-16(25-11-21-12)17(24)22-6-2-5-18(9-22,10-23)8-13-3-4-14(19)7-15(13)20/h3-4,7,11,23H,2,5-6,8-10H2,1H3/t18-/m0/s1. The van der Waals surface area contributed by atoms with E-state index < -0.39 is 17.0 Å². The van der Waals surface area contributed by atoms with Gasteiger partial charge in [-0.2, -0.15) is 0 Å². The highest BCUT2D eigenvalue weighted by molar-refractivity contribution is 7.11. The molecule has 3 rings (SSSR count). The van der Waals surface area contributed by atoms with Crippen LogP contribution in [0.5, 0.6) is 0 Å². The monoisotopic (exact) mass is 366 g/mol. The van der Waals surface area contributed by atoms with E-state index >= 15 is 0 Å². The number of carbonyl (C=O) groups excluding carboxylic acids is 1. The molecule has 25 heavy (non-hydrogen) atoms. The van der Waals surface area contributed by atoms with Gasteiger partial charge < -0.3 is 10.0 Å². The van der Waals surface area contributed by atoms with Crippen LogP contribution in [0.15, 0.2) is 23.7 Å². The van der Waals surface area contributed by atoms with Gasteiger partial charge in [-0.15, -0.1) is 11.3 Å². The minimum Gasteiger partial charge on any atom is -0.396 e. The molecule has 2 aromatic rings. The summed E-state index contributed by atoms with van der Waals surface area (Å²) in [6, 6.07) is 3.49. The highest BCUT2D eigenvalue weighted by atomic mass is 32.1. The van der Waals surface area contributed by atoms with Crippen molar-refractivity contribution in [2.24, 2.45) is 5.41 Å². The van der Waals surface area contributed by atoms with Gasteiger partial charge in [-0.25, -0.2) is 13.8 Å². The molecule has 134 valence electrons. The fourth-order valence-electron chi connectivity index (χ4n) is 3.43. The van der Waals surface area contributed by atoms with E-state index in [1.54, 1.807) is 17.3 Å². The zero-order chi connectivity index (χ0) is 18.0. The van der Waals surface area contributed by atoms with Crippen molar-refractivity contribution >= 4 is 17.2 Å². The van der Waals surface area contributed by atoms with Crippen molar-refractivity contribution in [3.05, 3.63) is 51.5 Å². The van der Waals surface area contributed by atoms with Crippen LogP contribution in [0.4, 0.5) is 8.78 Å². The predicted molar refractivity (Wildman–Crippen MR) is 91.6 cm³/mol. The average molecular weight is 366 g/mol. The van der Waals surface area contributed by atoms with Gasteiger partial charge in [-0.3, -0.25) is 4.79 Å². The van der Waals surface area contributed by atoms with Crippen LogP contribution in [0, 0.1) is 24.0 Å². The van der Waals surface area contributed by atoms with E-state index in [-0.39, 0.29) is 18.9 Å². The van der Waals surface area contributed by atoms with Crippen LogP contribution >= 0.6 is 11.3 Å². The lowest BCUT2D eigenvalue weighted by molar-refractivity contribution is 0.0270. The van der Waals surface area contributed by atoms with Crippen molar-refractivity contribution in [1.29, 1.82) is 0 Å². The lowest BCUT2D eigenvalue weighted by Gasteiger charge is -2.42. The molecule has 1 aromatic heterocycles. The van der Waals surface area contributed by atoms with Crippen LogP contribution in [-0.4, -0.2) is 40.6 Å². The van der Waals surface area contributed by atoms with Gasteiger partial charge in [-0.05, 0) is 37.8 Å². The SMILES string of the molecule is Cc1ncsc1C(=O)N1CCC[C@](CO)(Cc2ccc(F)cc2F)C1. The molecule has 1 atom stereocenters. The van der Waals surface area contributed by atoms with E-state index in [4.69, 9.17) is 0 Å². The van der Waals surface area contributed by atoms with E-state index in [1.165, 1.54) is 23.5 Å². The molecule has 1 saturated heterocycles. The zero-order valence-corrected chi connectivity index (χ0v) is 14.8. The fourth-order valence-corrected chi connectivity index (χ4v) is 4.20. The molecule has 1 aromatic carbocycles. The van der Waals surface area contributed by atoms with E-state index in [1.807, 2.05) is 0 Å². The molecular formula is C18H20F2N2O2S. The Balaban J connectivity index is 1.81.